The highest BCUT2D eigenvalue weighted by Crippen LogP contribution is 2.21. The quantitative estimate of drug-likeness (QED) is 0.887. The minimum atomic E-state index is -0.258. The molecule has 3 heterocycles. The summed E-state index contributed by atoms with van der Waals surface area (Å²) in [5.74, 6) is 0.341. The lowest BCUT2D eigenvalue weighted by molar-refractivity contribution is 0.0772. The van der Waals surface area contributed by atoms with Crippen LogP contribution in [-0.4, -0.2) is 52.9 Å². The zero-order valence-electron chi connectivity index (χ0n) is 13.7. The van der Waals surface area contributed by atoms with Crippen molar-refractivity contribution in [2.75, 3.05) is 20.1 Å². The number of pyridine rings is 1. The molecule has 1 fully saturated rings. The van der Waals surface area contributed by atoms with Gasteiger partial charge in [-0.15, -0.1) is 0 Å². The molecule has 0 aromatic carbocycles. The molecule has 2 aromatic rings. The van der Waals surface area contributed by atoms with E-state index in [-0.39, 0.29) is 17.9 Å². The van der Waals surface area contributed by atoms with Crippen LogP contribution in [0.3, 0.4) is 0 Å². The van der Waals surface area contributed by atoms with Crippen molar-refractivity contribution in [3.8, 4) is 5.75 Å². The highest BCUT2D eigenvalue weighted by Gasteiger charge is 2.29. The molecule has 24 heavy (non-hydrogen) atoms. The van der Waals surface area contributed by atoms with Gasteiger partial charge in [-0.3, -0.25) is 14.6 Å². The third-order valence-electron chi connectivity index (χ3n) is 4.11. The van der Waals surface area contributed by atoms with E-state index in [0.717, 1.165) is 12.1 Å². The van der Waals surface area contributed by atoms with Gasteiger partial charge in [0.1, 0.15) is 17.5 Å². The van der Waals surface area contributed by atoms with Gasteiger partial charge in [0, 0.05) is 44.2 Å². The van der Waals surface area contributed by atoms with Crippen molar-refractivity contribution in [3.63, 3.8) is 0 Å². The number of carbonyl (C=O) groups excluding carboxylic acids is 2. The smallest absolute Gasteiger partial charge is 0.269 e. The number of H-pyrrole nitrogens is 1. The van der Waals surface area contributed by atoms with Gasteiger partial charge in [0.2, 0.25) is 0 Å². The van der Waals surface area contributed by atoms with Crippen LogP contribution in [0.4, 0.5) is 0 Å². The van der Waals surface area contributed by atoms with Gasteiger partial charge >= 0.3 is 0 Å². The zero-order chi connectivity index (χ0) is 17.1. The number of amides is 2. The Morgan fingerprint density at radius 2 is 2.25 bits per heavy atom. The fourth-order valence-electron chi connectivity index (χ4n) is 2.79. The van der Waals surface area contributed by atoms with Gasteiger partial charge in [0.15, 0.2) is 0 Å². The van der Waals surface area contributed by atoms with E-state index in [1.807, 2.05) is 6.92 Å². The molecule has 0 saturated carbocycles. The lowest BCUT2D eigenvalue weighted by atomic mass is 10.2. The standard InChI is InChI=1S/C17H20N4O3/c1-11-14(4-7-19-11)17(23)21-8-5-13(10-21)24-12-3-6-20-15(9-12)16(22)18-2/h3-4,6-7,9,13,19H,5,8,10H2,1-2H3,(H,18,22). The highest BCUT2D eigenvalue weighted by molar-refractivity contribution is 5.95. The van der Waals surface area contributed by atoms with Crippen molar-refractivity contribution in [2.45, 2.75) is 19.4 Å². The Hall–Kier alpha value is -2.83. The molecule has 7 heteroatoms. The van der Waals surface area contributed by atoms with E-state index in [1.165, 1.54) is 0 Å². The van der Waals surface area contributed by atoms with Gasteiger partial charge in [-0.1, -0.05) is 0 Å². The molecule has 1 aliphatic heterocycles. The summed E-state index contributed by atoms with van der Waals surface area (Å²) in [4.78, 5) is 32.9. The number of aromatic amines is 1. The average molecular weight is 328 g/mol. The first kappa shape index (κ1) is 16.0. The lowest BCUT2D eigenvalue weighted by Gasteiger charge is -2.17. The van der Waals surface area contributed by atoms with Crippen molar-refractivity contribution in [1.29, 1.82) is 0 Å². The van der Waals surface area contributed by atoms with E-state index in [2.05, 4.69) is 15.3 Å². The lowest BCUT2D eigenvalue weighted by Crippen LogP contribution is -2.31. The second-order valence-corrected chi connectivity index (χ2v) is 5.75. The number of aryl methyl sites for hydroxylation is 1. The minimum Gasteiger partial charge on any atom is -0.488 e. The first-order chi connectivity index (χ1) is 11.6. The largest absolute Gasteiger partial charge is 0.488 e. The van der Waals surface area contributed by atoms with E-state index >= 15 is 0 Å². The SMILES string of the molecule is CNC(=O)c1cc(OC2CCN(C(=O)c3cc[nH]c3C)C2)ccn1. The molecule has 1 unspecified atom stereocenters. The summed E-state index contributed by atoms with van der Waals surface area (Å²) in [5, 5.41) is 2.53. The zero-order valence-corrected chi connectivity index (χ0v) is 13.7. The second kappa shape index (κ2) is 6.74. The van der Waals surface area contributed by atoms with Crippen LogP contribution in [0.25, 0.3) is 0 Å². The maximum atomic E-state index is 12.5. The monoisotopic (exact) mass is 328 g/mol. The number of likely N-dealkylation sites (tertiary alicyclic amines) is 1. The second-order valence-electron chi connectivity index (χ2n) is 5.75. The molecule has 2 amide bonds. The maximum absolute atomic E-state index is 12.5. The summed E-state index contributed by atoms with van der Waals surface area (Å²) in [5.41, 5.74) is 1.87. The molecular formula is C17H20N4O3. The Balaban J connectivity index is 1.63. The van der Waals surface area contributed by atoms with Crippen molar-refractivity contribution in [1.82, 2.24) is 20.2 Å². The van der Waals surface area contributed by atoms with Gasteiger partial charge in [0.25, 0.3) is 11.8 Å². The summed E-state index contributed by atoms with van der Waals surface area (Å²) < 4.78 is 5.92. The van der Waals surface area contributed by atoms with Crippen LogP contribution in [0.1, 0.15) is 33.0 Å². The molecule has 0 radical (unpaired) electrons. The van der Waals surface area contributed by atoms with Crippen LogP contribution in [0.2, 0.25) is 0 Å². The van der Waals surface area contributed by atoms with Crippen LogP contribution in [0, 0.1) is 6.92 Å². The summed E-state index contributed by atoms with van der Waals surface area (Å²) in [6.07, 6.45) is 3.98. The highest BCUT2D eigenvalue weighted by atomic mass is 16.5. The number of nitrogens with one attached hydrogen (secondary N) is 2. The number of carbonyl (C=O) groups is 2. The summed E-state index contributed by atoms with van der Waals surface area (Å²) in [6.45, 7) is 3.07. The third kappa shape index (κ3) is 3.24. The number of aromatic nitrogens is 2. The molecule has 0 bridgehead atoms. The molecule has 1 aliphatic rings. The van der Waals surface area contributed by atoms with Crippen molar-refractivity contribution >= 4 is 11.8 Å². The topological polar surface area (TPSA) is 87.3 Å². The normalized spacial score (nSPS) is 16.9. The molecule has 0 spiro atoms. The van der Waals surface area contributed by atoms with Crippen LogP contribution in [0.5, 0.6) is 5.75 Å². The Labute approximate surface area is 140 Å². The van der Waals surface area contributed by atoms with E-state index in [0.29, 0.717) is 30.1 Å². The van der Waals surface area contributed by atoms with Crippen LogP contribution < -0.4 is 10.1 Å². The predicted molar refractivity (Wildman–Crippen MR) is 88.1 cm³/mol. The molecule has 1 saturated heterocycles. The summed E-state index contributed by atoms with van der Waals surface area (Å²) in [7, 11) is 1.56. The molecule has 126 valence electrons. The van der Waals surface area contributed by atoms with Crippen LogP contribution in [0.15, 0.2) is 30.6 Å². The maximum Gasteiger partial charge on any atom is 0.269 e. The molecule has 7 nitrogen and oxygen atoms in total. The Bertz CT molecular complexity index is 756. The van der Waals surface area contributed by atoms with Gasteiger partial charge < -0.3 is 19.9 Å². The average Bonchev–Trinajstić information content (AvgIpc) is 3.23. The van der Waals surface area contributed by atoms with Crippen LogP contribution >= 0.6 is 0 Å². The number of ether oxygens (including phenoxy) is 1. The summed E-state index contributed by atoms with van der Waals surface area (Å²) >= 11 is 0. The van der Waals surface area contributed by atoms with Crippen molar-refractivity contribution in [3.05, 3.63) is 47.5 Å². The molecular weight excluding hydrogens is 308 g/mol. The fourth-order valence-corrected chi connectivity index (χ4v) is 2.79. The third-order valence-corrected chi connectivity index (χ3v) is 4.11. The summed E-state index contributed by atoms with van der Waals surface area (Å²) in [6, 6.07) is 5.12. The van der Waals surface area contributed by atoms with E-state index in [9.17, 15) is 9.59 Å². The van der Waals surface area contributed by atoms with E-state index in [1.54, 1.807) is 42.5 Å². The molecule has 0 aliphatic carbocycles. The molecule has 2 aromatic heterocycles. The predicted octanol–water partition coefficient (Wildman–Crippen LogP) is 1.37. The number of nitrogens with zero attached hydrogens (tertiary/aromatic N) is 2. The van der Waals surface area contributed by atoms with E-state index in [4.69, 9.17) is 4.74 Å². The van der Waals surface area contributed by atoms with Gasteiger partial charge in [-0.05, 0) is 19.1 Å². The fraction of sp³-hybridized carbons (Fsp3) is 0.353. The Morgan fingerprint density at radius 1 is 1.42 bits per heavy atom. The van der Waals surface area contributed by atoms with Crippen LogP contribution in [-0.2, 0) is 0 Å². The van der Waals surface area contributed by atoms with Crippen molar-refractivity contribution < 1.29 is 14.3 Å². The molecule has 2 N–H and O–H groups in total. The molecule has 3 rings (SSSR count). The van der Waals surface area contributed by atoms with Gasteiger partial charge in [-0.25, -0.2) is 0 Å². The number of rotatable bonds is 4. The number of hydrogen-bond donors (Lipinski definition) is 2. The van der Waals surface area contributed by atoms with Gasteiger partial charge in [0.05, 0.1) is 12.1 Å². The molecule has 1 atom stereocenters. The Morgan fingerprint density at radius 3 is 2.96 bits per heavy atom. The Kier molecular flexibility index (Phi) is 4.50. The van der Waals surface area contributed by atoms with E-state index < -0.39 is 0 Å². The van der Waals surface area contributed by atoms with Gasteiger partial charge in [-0.2, -0.15) is 0 Å². The number of hydrogen-bond acceptors (Lipinski definition) is 4. The first-order valence-electron chi connectivity index (χ1n) is 7.86. The minimum absolute atomic E-state index is 0.0145. The van der Waals surface area contributed by atoms with Crippen molar-refractivity contribution in [2.24, 2.45) is 0 Å². The first-order valence-corrected chi connectivity index (χ1v) is 7.86.